The number of unbranched alkanes of at least 4 members (excludes halogenated alkanes) is 1. The molecule has 0 spiro atoms. The first-order valence-corrected chi connectivity index (χ1v) is 7.63. The number of nitrogens with two attached hydrogens (primary N) is 1. The van der Waals surface area contributed by atoms with Crippen LogP contribution in [0, 0.1) is 0 Å². The van der Waals surface area contributed by atoms with Crippen LogP contribution in [-0.4, -0.2) is 68.2 Å². The fourth-order valence-corrected chi connectivity index (χ4v) is 2.81. The fourth-order valence-electron chi connectivity index (χ4n) is 2.81. The Hall–Kier alpha value is -0.650. The quantitative estimate of drug-likeness (QED) is 0.560. The molecule has 1 aliphatic heterocycles. The summed E-state index contributed by atoms with van der Waals surface area (Å²) in [5.41, 5.74) is 5.11. The lowest BCUT2D eigenvalue weighted by Crippen LogP contribution is -2.46. The average molecular weight is 285 g/mol. The summed E-state index contributed by atoms with van der Waals surface area (Å²) in [6.07, 6.45) is 5.22. The van der Waals surface area contributed by atoms with E-state index in [1.807, 2.05) is 0 Å². The van der Waals surface area contributed by atoms with Crippen LogP contribution in [0.5, 0.6) is 0 Å². The molecule has 2 N–H and O–H groups in total. The number of hydrogen-bond donors (Lipinski definition) is 1. The Labute approximate surface area is 123 Å². The number of esters is 1. The van der Waals surface area contributed by atoms with Crippen LogP contribution in [-0.2, 0) is 9.53 Å². The lowest BCUT2D eigenvalue weighted by Gasteiger charge is -2.35. The molecule has 0 bridgehead atoms. The van der Waals surface area contributed by atoms with Crippen molar-refractivity contribution in [2.75, 3.05) is 40.8 Å². The Morgan fingerprint density at radius 1 is 1.40 bits per heavy atom. The van der Waals surface area contributed by atoms with Crippen molar-refractivity contribution >= 4 is 5.97 Å². The highest BCUT2D eigenvalue weighted by molar-refractivity contribution is 5.79. The molecule has 1 atom stereocenters. The number of nitrogens with zero attached hydrogens (tertiary/aromatic N) is 2. The Morgan fingerprint density at radius 2 is 2.00 bits per heavy atom. The van der Waals surface area contributed by atoms with Crippen molar-refractivity contribution in [2.24, 2.45) is 5.73 Å². The molecule has 0 aromatic rings. The Kier molecular flexibility index (Phi) is 6.92. The number of piperidine rings is 1. The molecule has 1 aliphatic rings. The molecule has 1 rings (SSSR count). The first kappa shape index (κ1) is 17.4. The van der Waals surface area contributed by atoms with E-state index in [9.17, 15) is 4.79 Å². The van der Waals surface area contributed by atoms with E-state index in [1.165, 1.54) is 33.0 Å². The molecule has 0 amide bonds. The number of hydrogen-bond acceptors (Lipinski definition) is 5. The maximum absolute atomic E-state index is 11.5. The summed E-state index contributed by atoms with van der Waals surface area (Å²) in [5, 5.41) is 0. The molecule has 118 valence electrons. The van der Waals surface area contributed by atoms with Gasteiger partial charge in [0.2, 0.25) is 0 Å². The van der Waals surface area contributed by atoms with Crippen LogP contribution < -0.4 is 5.73 Å². The predicted molar refractivity (Wildman–Crippen MR) is 81.6 cm³/mol. The molecule has 0 saturated carbocycles. The summed E-state index contributed by atoms with van der Waals surface area (Å²) >= 11 is 0. The number of carbonyl (C=O) groups excluding carboxylic acids is 1. The third-order valence-corrected chi connectivity index (χ3v) is 4.42. The highest BCUT2D eigenvalue weighted by Crippen LogP contribution is 2.16. The molecule has 1 saturated heterocycles. The first-order chi connectivity index (χ1) is 9.36. The Bertz CT molecular complexity index is 299. The monoisotopic (exact) mass is 285 g/mol. The zero-order valence-electron chi connectivity index (χ0n) is 13.5. The Balaban J connectivity index is 2.19. The van der Waals surface area contributed by atoms with Crippen molar-refractivity contribution in [3.05, 3.63) is 0 Å². The molecule has 5 nitrogen and oxygen atoms in total. The van der Waals surface area contributed by atoms with E-state index < -0.39 is 5.54 Å². The lowest BCUT2D eigenvalue weighted by atomic mass is 9.96. The van der Waals surface area contributed by atoms with Crippen LogP contribution in [0.2, 0.25) is 0 Å². The second kappa shape index (κ2) is 7.96. The van der Waals surface area contributed by atoms with E-state index in [-0.39, 0.29) is 5.97 Å². The van der Waals surface area contributed by atoms with Gasteiger partial charge in [0.15, 0.2) is 0 Å². The third kappa shape index (κ3) is 5.38. The summed E-state index contributed by atoms with van der Waals surface area (Å²) in [4.78, 5) is 16.3. The van der Waals surface area contributed by atoms with E-state index in [0.717, 1.165) is 19.4 Å². The van der Waals surface area contributed by atoms with Crippen molar-refractivity contribution in [2.45, 2.75) is 50.6 Å². The van der Waals surface area contributed by atoms with E-state index in [4.69, 9.17) is 10.5 Å². The van der Waals surface area contributed by atoms with Crippen molar-refractivity contribution in [3.8, 4) is 0 Å². The predicted octanol–water partition coefficient (Wildman–Crippen LogP) is 1.07. The topological polar surface area (TPSA) is 58.8 Å². The number of methoxy groups -OCH3 is 1. The highest BCUT2D eigenvalue weighted by Gasteiger charge is 2.28. The minimum atomic E-state index is -0.846. The second-order valence-corrected chi connectivity index (χ2v) is 6.38. The van der Waals surface area contributed by atoms with Crippen LogP contribution >= 0.6 is 0 Å². The van der Waals surface area contributed by atoms with E-state index in [1.54, 1.807) is 6.92 Å². The van der Waals surface area contributed by atoms with Gasteiger partial charge in [0.25, 0.3) is 0 Å². The normalized spacial score (nSPS) is 20.9. The van der Waals surface area contributed by atoms with Gasteiger partial charge in [-0.05, 0) is 72.8 Å². The summed E-state index contributed by atoms with van der Waals surface area (Å²) in [7, 11) is 5.78. The van der Waals surface area contributed by atoms with E-state index in [2.05, 4.69) is 23.9 Å². The standard InChI is InChI=1S/C15H31N3O2/c1-15(16,14(19)20-4)9-5-6-10-18(3)13-7-11-17(2)12-8-13/h13H,5-12,16H2,1-4H3. The van der Waals surface area contributed by atoms with Crippen LogP contribution in [0.15, 0.2) is 0 Å². The van der Waals surface area contributed by atoms with Gasteiger partial charge in [0.05, 0.1) is 7.11 Å². The third-order valence-electron chi connectivity index (χ3n) is 4.42. The smallest absolute Gasteiger partial charge is 0.325 e. The Morgan fingerprint density at radius 3 is 2.55 bits per heavy atom. The summed E-state index contributed by atoms with van der Waals surface area (Å²) in [6, 6.07) is 0.705. The molecule has 20 heavy (non-hydrogen) atoms. The fraction of sp³-hybridized carbons (Fsp3) is 0.933. The van der Waals surface area contributed by atoms with Gasteiger partial charge in [-0.3, -0.25) is 4.79 Å². The number of rotatable bonds is 7. The van der Waals surface area contributed by atoms with Crippen LogP contribution in [0.1, 0.15) is 39.0 Å². The largest absolute Gasteiger partial charge is 0.468 e. The summed E-state index contributed by atoms with van der Waals surface area (Å²) < 4.78 is 4.72. The molecule has 0 aliphatic carbocycles. The zero-order valence-corrected chi connectivity index (χ0v) is 13.5. The number of likely N-dealkylation sites (tertiary alicyclic amines) is 1. The molecule has 0 radical (unpaired) electrons. The van der Waals surface area contributed by atoms with Gasteiger partial charge in [-0.25, -0.2) is 0 Å². The van der Waals surface area contributed by atoms with Crippen molar-refractivity contribution < 1.29 is 9.53 Å². The molecule has 0 aromatic carbocycles. The second-order valence-electron chi connectivity index (χ2n) is 6.38. The average Bonchev–Trinajstić information content (AvgIpc) is 2.43. The zero-order chi connectivity index (χ0) is 15.2. The van der Waals surface area contributed by atoms with Gasteiger partial charge in [0.1, 0.15) is 5.54 Å². The maximum Gasteiger partial charge on any atom is 0.325 e. The molecule has 1 fully saturated rings. The molecular weight excluding hydrogens is 254 g/mol. The molecule has 1 unspecified atom stereocenters. The summed E-state index contributed by atoms with van der Waals surface area (Å²) in [6.45, 7) is 5.21. The lowest BCUT2D eigenvalue weighted by molar-refractivity contribution is -0.146. The minimum absolute atomic E-state index is 0.318. The number of carbonyl (C=O) groups is 1. The van der Waals surface area contributed by atoms with E-state index in [0.29, 0.717) is 12.5 Å². The highest BCUT2D eigenvalue weighted by atomic mass is 16.5. The SMILES string of the molecule is COC(=O)C(C)(N)CCCCN(C)C1CCN(C)CC1. The van der Waals surface area contributed by atoms with Gasteiger partial charge in [0, 0.05) is 6.04 Å². The van der Waals surface area contributed by atoms with Gasteiger partial charge in [-0.2, -0.15) is 0 Å². The van der Waals surface area contributed by atoms with Crippen LogP contribution in [0.25, 0.3) is 0 Å². The number of ether oxygens (including phenoxy) is 1. The van der Waals surface area contributed by atoms with Gasteiger partial charge >= 0.3 is 5.97 Å². The van der Waals surface area contributed by atoms with Gasteiger partial charge < -0.3 is 20.3 Å². The summed E-state index contributed by atoms with van der Waals surface area (Å²) in [5.74, 6) is -0.318. The van der Waals surface area contributed by atoms with E-state index >= 15 is 0 Å². The molecular formula is C15H31N3O2. The molecule has 5 heteroatoms. The molecule has 1 heterocycles. The first-order valence-electron chi connectivity index (χ1n) is 7.63. The van der Waals surface area contributed by atoms with Gasteiger partial charge in [-0.1, -0.05) is 0 Å². The van der Waals surface area contributed by atoms with Crippen molar-refractivity contribution in [1.29, 1.82) is 0 Å². The maximum atomic E-state index is 11.5. The molecule has 0 aromatic heterocycles. The van der Waals surface area contributed by atoms with Gasteiger partial charge in [-0.15, -0.1) is 0 Å². The van der Waals surface area contributed by atoms with Crippen molar-refractivity contribution in [1.82, 2.24) is 9.80 Å². The minimum Gasteiger partial charge on any atom is -0.468 e. The van der Waals surface area contributed by atoms with Crippen LogP contribution in [0.3, 0.4) is 0 Å². The van der Waals surface area contributed by atoms with Crippen molar-refractivity contribution in [3.63, 3.8) is 0 Å². The van der Waals surface area contributed by atoms with Crippen LogP contribution in [0.4, 0.5) is 0 Å².